The molecule has 0 unspecified atom stereocenters. The molecular formula is C15H19ClN4O5S. The smallest absolute Gasteiger partial charge is 0.250 e. The second kappa shape index (κ2) is 8.47. The van der Waals surface area contributed by atoms with Crippen LogP contribution in [0.25, 0.3) is 11.3 Å². The minimum atomic E-state index is -2.79. The average molecular weight is 403 g/mol. The molecular weight excluding hydrogens is 384 g/mol. The molecule has 2 aromatic rings. The van der Waals surface area contributed by atoms with Crippen molar-refractivity contribution in [2.24, 2.45) is 5.41 Å². The van der Waals surface area contributed by atoms with Gasteiger partial charge in [0.15, 0.2) is 0 Å². The number of hydrogen-bond donors (Lipinski definition) is 3. The topological polar surface area (TPSA) is 123 Å². The lowest BCUT2D eigenvalue weighted by Crippen LogP contribution is -2.41. The van der Waals surface area contributed by atoms with Crippen LogP contribution in [0.1, 0.15) is 13.3 Å². The molecule has 1 heterocycles. The van der Waals surface area contributed by atoms with Gasteiger partial charge in [-0.05, 0) is 31.5 Å². The molecule has 0 aliphatic heterocycles. The Morgan fingerprint density at radius 3 is 2.77 bits per heavy atom. The molecule has 1 amide bonds. The van der Waals surface area contributed by atoms with Gasteiger partial charge in [-0.25, -0.2) is 13.9 Å². The van der Waals surface area contributed by atoms with Crippen LogP contribution in [0.4, 0.5) is 0 Å². The van der Waals surface area contributed by atoms with Crippen LogP contribution in [0, 0.1) is 5.41 Å². The van der Waals surface area contributed by atoms with Crippen molar-refractivity contribution in [1.82, 2.24) is 20.5 Å². The van der Waals surface area contributed by atoms with E-state index in [0.29, 0.717) is 22.0 Å². The highest BCUT2D eigenvalue weighted by atomic mass is 35.5. The summed E-state index contributed by atoms with van der Waals surface area (Å²) in [6.07, 6.45) is 1.78. The standard InChI is InChI=1S/C15H19ClN4O5S/c1-15(9-26(23)24,14(21)18-22)5-6-20-8-13(17-19-20)11-4-3-10(25-2)7-12(11)16/h3-4,7-8,22,26H,5-6,9H2,1-2H3,(H,18,21)/t15-/m0/s1. The Bertz CT molecular complexity index is 861. The van der Waals surface area contributed by atoms with Gasteiger partial charge >= 0.3 is 0 Å². The first-order valence-electron chi connectivity index (χ1n) is 7.59. The largest absolute Gasteiger partial charge is 0.497 e. The van der Waals surface area contributed by atoms with Crippen molar-refractivity contribution >= 4 is 28.2 Å². The zero-order valence-corrected chi connectivity index (χ0v) is 15.8. The summed E-state index contributed by atoms with van der Waals surface area (Å²) < 4.78 is 28.7. The maximum Gasteiger partial charge on any atom is 0.250 e. The van der Waals surface area contributed by atoms with Crippen LogP contribution in [0.15, 0.2) is 24.4 Å². The van der Waals surface area contributed by atoms with E-state index in [1.807, 2.05) is 0 Å². The van der Waals surface area contributed by atoms with Crippen molar-refractivity contribution in [3.05, 3.63) is 29.4 Å². The van der Waals surface area contributed by atoms with Crippen LogP contribution >= 0.6 is 11.6 Å². The number of carbonyl (C=O) groups excluding carboxylic acids is 1. The summed E-state index contributed by atoms with van der Waals surface area (Å²) >= 11 is 6.21. The number of hydrogen-bond acceptors (Lipinski definition) is 7. The van der Waals surface area contributed by atoms with Crippen molar-refractivity contribution in [3.63, 3.8) is 0 Å². The summed E-state index contributed by atoms with van der Waals surface area (Å²) in [5, 5.41) is 17.3. The summed E-state index contributed by atoms with van der Waals surface area (Å²) in [7, 11) is -1.26. The number of hydroxylamine groups is 1. The second-order valence-electron chi connectivity index (χ2n) is 5.96. The van der Waals surface area contributed by atoms with Gasteiger partial charge in [0.2, 0.25) is 5.91 Å². The molecule has 0 saturated carbocycles. The van der Waals surface area contributed by atoms with Crippen molar-refractivity contribution in [1.29, 1.82) is 0 Å². The van der Waals surface area contributed by atoms with E-state index in [2.05, 4.69) is 10.3 Å². The lowest BCUT2D eigenvalue weighted by Gasteiger charge is -2.24. The summed E-state index contributed by atoms with van der Waals surface area (Å²) in [5.74, 6) is -0.542. The number of aryl methyl sites for hydroxylation is 1. The maximum absolute atomic E-state index is 11.8. The van der Waals surface area contributed by atoms with E-state index in [1.54, 1.807) is 24.4 Å². The van der Waals surface area contributed by atoms with Gasteiger partial charge in [0.05, 0.1) is 29.5 Å². The first kappa shape index (κ1) is 20.1. The molecule has 142 valence electrons. The molecule has 1 aromatic heterocycles. The van der Waals surface area contributed by atoms with Gasteiger partial charge in [0.1, 0.15) is 22.1 Å². The molecule has 0 bridgehead atoms. The Labute approximate surface area is 156 Å². The molecule has 26 heavy (non-hydrogen) atoms. The van der Waals surface area contributed by atoms with Crippen LogP contribution in [0.3, 0.4) is 0 Å². The number of carbonyl (C=O) groups is 1. The molecule has 2 N–H and O–H groups in total. The Kier molecular flexibility index (Phi) is 6.57. The zero-order valence-electron chi connectivity index (χ0n) is 14.2. The van der Waals surface area contributed by atoms with Crippen LogP contribution in [-0.4, -0.2) is 47.4 Å². The minimum absolute atomic E-state index is 0.141. The van der Waals surface area contributed by atoms with Gasteiger partial charge < -0.3 is 4.74 Å². The van der Waals surface area contributed by atoms with Crippen LogP contribution < -0.4 is 10.2 Å². The molecule has 2 rings (SSSR count). The van der Waals surface area contributed by atoms with E-state index < -0.39 is 22.0 Å². The number of ether oxygens (including phenoxy) is 1. The molecule has 1 atom stereocenters. The number of nitrogens with one attached hydrogen (secondary N) is 1. The van der Waals surface area contributed by atoms with E-state index in [1.165, 1.54) is 24.2 Å². The lowest BCUT2D eigenvalue weighted by molar-refractivity contribution is -0.138. The average Bonchev–Trinajstić information content (AvgIpc) is 3.07. The van der Waals surface area contributed by atoms with E-state index >= 15 is 0 Å². The van der Waals surface area contributed by atoms with Gasteiger partial charge in [-0.2, -0.15) is 0 Å². The molecule has 11 heteroatoms. The SMILES string of the molecule is COc1ccc(-c2cn(CC[C@@](C)(C[SH](=O)=O)C(=O)NO)nn2)c(Cl)c1. The highest BCUT2D eigenvalue weighted by Gasteiger charge is 2.34. The number of methoxy groups -OCH3 is 1. The quantitative estimate of drug-likeness (QED) is 0.343. The van der Waals surface area contributed by atoms with E-state index in [-0.39, 0.29) is 18.7 Å². The normalized spacial score (nSPS) is 13.4. The number of nitrogens with zero attached hydrogens (tertiary/aromatic N) is 3. The van der Waals surface area contributed by atoms with E-state index in [0.717, 1.165) is 0 Å². The van der Waals surface area contributed by atoms with Gasteiger partial charge in [-0.3, -0.25) is 14.7 Å². The molecule has 9 nitrogen and oxygen atoms in total. The van der Waals surface area contributed by atoms with Crippen molar-refractivity contribution < 1.29 is 23.2 Å². The van der Waals surface area contributed by atoms with Gasteiger partial charge in [-0.1, -0.05) is 16.8 Å². The van der Waals surface area contributed by atoms with Crippen molar-refractivity contribution in [2.45, 2.75) is 19.9 Å². The second-order valence-corrected chi connectivity index (χ2v) is 7.34. The molecule has 0 aliphatic carbocycles. The van der Waals surface area contributed by atoms with E-state index in [4.69, 9.17) is 21.5 Å². The van der Waals surface area contributed by atoms with Crippen LogP contribution in [-0.2, 0) is 22.0 Å². The first-order valence-corrected chi connectivity index (χ1v) is 9.33. The fourth-order valence-electron chi connectivity index (χ4n) is 2.41. The van der Waals surface area contributed by atoms with Crippen LogP contribution in [0.2, 0.25) is 5.02 Å². The summed E-state index contributed by atoms with van der Waals surface area (Å²) in [6.45, 7) is 1.69. The number of thiol groups is 1. The van der Waals surface area contributed by atoms with Crippen molar-refractivity contribution in [2.75, 3.05) is 12.9 Å². The highest BCUT2D eigenvalue weighted by Crippen LogP contribution is 2.30. The van der Waals surface area contributed by atoms with Gasteiger partial charge in [0, 0.05) is 12.1 Å². The van der Waals surface area contributed by atoms with Crippen LogP contribution in [0.5, 0.6) is 5.75 Å². The summed E-state index contributed by atoms with van der Waals surface area (Å²) in [5.41, 5.74) is 1.42. The molecule has 0 radical (unpaired) electrons. The Morgan fingerprint density at radius 2 is 2.19 bits per heavy atom. The highest BCUT2D eigenvalue weighted by molar-refractivity contribution is 7.72. The fraction of sp³-hybridized carbons (Fsp3) is 0.400. The molecule has 0 spiro atoms. The Morgan fingerprint density at radius 1 is 1.46 bits per heavy atom. The van der Waals surface area contributed by atoms with Crippen molar-refractivity contribution in [3.8, 4) is 17.0 Å². The fourth-order valence-corrected chi connectivity index (χ4v) is 3.55. The summed E-state index contributed by atoms with van der Waals surface area (Å²) in [4.78, 5) is 11.8. The molecule has 0 fully saturated rings. The lowest BCUT2D eigenvalue weighted by atomic mass is 9.88. The number of amides is 1. The van der Waals surface area contributed by atoms with E-state index in [9.17, 15) is 13.2 Å². The van der Waals surface area contributed by atoms with Gasteiger partial charge in [0.25, 0.3) is 0 Å². The number of rotatable bonds is 8. The predicted octanol–water partition coefficient (Wildman–Crippen LogP) is 1.12. The summed E-state index contributed by atoms with van der Waals surface area (Å²) in [6, 6.07) is 5.15. The predicted molar refractivity (Wildman–Crippen MR) is 94.9 cm³/mol. The minimum Gasteiger partial charge on any atom is -0.497 e. The zero-order chi connectivity index (χ0) is 19.3. The third-order valence-corrected chi connectivity index (χ3v) is 5.28. The Hall–Kier alpha value is -2.17. The first-order chi connectivity index (χ1) is 12.3. The molecule has 1 aromatic carbocycles. The monoisotopic (exact) mass is 402 g/mol. The van der Waals surface area contributed by atoms with Gasteiger partial charge in [-0.15, -0.1) is 5.10 Å². The Balaban J connectivity index is 2.16. The number of aromatic nitrogens is 3. The maximum atomic E-state index is 11.8. The molecule has 0 aliphatic rings. The number of halogens is 1. The third kappa shape index (κ3) is 4.71. The third-order valence-electron chi connectivity index (χ3n) is 4.01. The number of benzene rings is 1. The molecule has 0 saturated heterocycles.